The number of rotatable bonds is 1. The Hall–Kier alpha value is -1.43. The Balaban J connectivity index is 2.53. The summed E-state index contributed by atoms with van der Waals surface area (Å²) >= 11 is 2.89. The number of halogens is 4. The Bertz CT molecular complexity index is 526. The molecular formula is C11H6BrF3N2. The van der Waals surface area contributed by atoms with E-state index >= 15 is 0 Å². The van der Waals surface area contributed by atoms with Crippen LogP contribution < -0.4 is 0 Å². The fraction of sp³-hybridized carbons (Fsp3) is 0.0909. The van der Waals surface area contributed by atoms with Gasteiger partial charge in [-0.2, -0.15) is 13.2 Å². The summed E-state index contributed by atoms with van der Waals surface area (Å²) in [4.78, 5) is 7.54. The van der Waals surface area contributed by atoms with E-state index in [4.69, 9.17) is 0 Å². The smallest absolute Gasteiger partial charge is 0.244 e. The molecule has 17 heavy (non-hydrogen) atoms. The normalized spacial score (nSPS) is 11.5. The van der Waals surface area contributed by atoms with Gasteiger partial charge in [0, 0.05) is 22.4 Å². The Morgan fingerprint density at radius 2 is 1.65 bits per heavy atom. The maximum absolute atomic E-state index is 12.7. The molecule has 0 bridgehead atoms. The molecule has 0 saturated carbocycles. The molecule has 1 aromatic carbocycles. The van der Waals surface area contributed by atoms with Crippen molar-refractivity contribution < 1.29 is 13.2 Å². The van der Waals surface area contributed by atoms with Crippen LogP contribution in [0.1, 0.15) is 5.56 Å². The Morgan fingerprint density at radius 3 is 2.24 bits per heavy atom. The molecule has 6 heteroatoms. The molecule has 0 unspecified atom stereocenters. The average molecular weight is 303 g/mol. The number of alkyl halides is 3. The van der Waals surface area contributed by atoms with Crippen molar-refractivity contribution >= 4 is 15.9 Å². The van der Waals surface area contributed by atoms with Gasteiger partial charge in [-0.15, -0.1) is 0 Å². The lowest BCUT2D eigenvalue weighted by molar-refractivity contribution is -0.138. The van der Waals surface area contributed by atoms with Gasteiger partial charge in [-0.25, -0.2) is 9.97 Å². The van der Waals surface area contributed by atoms with Crippen LogP contribution >= 0.6 is 15.9 Å². The zero-order valence-electron chi connectivity index (χ0n) is 8.37. The molecule has 0 N–H and O–H groups in total. The fourth-order valence-corrected chi connectivity index (χ4v) is 1.84. The van der Waals surface area contributed by atoms with Crippen molar-refractivity contribution in [1.82, 2.24) is 9.97 Å². The predicted octanol–water partition coefficient (Wildman–Crippen LogP) is 3.92. The lowest BCUT2D eigenvalue weighted by atomic mass is 10.1. The first-order valence-corrected chi connectivity index (χ1v) is 5.40. The fourth-order valence-electron chi connectivity index (χ4n) is 1.37. The summed E-state index contributed by atoms with van der Waals surface area (Å²) in [6.07, 6.45) is -0.121. The summed E-state index contributed by atoms with van der Waals surface area (Å²) in [5, 5.41) is 0. The minimum atomic E-state index is -4.38. The molecule has 0 aliphatic heterocycles. The number of hydrogen-bond acceptors (Lipinski definition) is 2. The van der Waals surface area contributed by atoms with E-state index in [1.165, 1.54) is 24.8 Å². The monoisotopic (exact) mass is 302 g/mol. The number of benzene rings is 1. The van der Waals surface area contributed by atoms with Crippen molar-refractivity contribution in [2.75, 3.05) is 0 Å². The molecule has 0 radical (unpaired) electrons. The van der Waals surface area contributed by atoms with Crippen LogP contribution in [-0.2, 0) is 6.18 Å². The maximum atomic E-state index is 12.7. The largest absolute Gasteiger partial charge is 0.417 e. The maximum Gasteiger partial charge on any atom is 0.417 e. The van der Waals surface area contributed by atoms with E-state index in [0.29, 0.717) is 11.1 Å². The summed E-state index contributed by atoms with van der Waals surface area (Å²) in [5.74, 6) is 0. The highest BCUT2D eigenvalue weighted by Crippen LogP contribution is 2.37. The van der Waals surface area contributed by atoms with Crippen molar-refractivity contribution in [2.45, 2.75) is 6.18 Å². The molecular weight excluding hydrogens is 297 g/mol. The summed E-state index contributed by atoms with van der Waals surface area (Å²) < 4.78 is 38.1. The van der Waals surface area contributed by atoms with E-state index in [1.807, 2.05) is 0 Å². The number of hydrogen-bond donors (Lipinski definition) is 0. The van der Waals surface area contributed by atoms with E-state index in [-0.39, 0.29) is 4.47 Å². The van der Waals surface area contributed by atoms with Crippen LogP contribution in [0.5, 0.6) is 0 Å². The Kier molecular flexibility index (Phi) is 3.15. The van der Waals surface area contributed by atoms with Crippen LogP contribution in [0.15, 0.2) is 41.4 Å². The third kappa shape index (κ3) is 2.63. The Morgan fingerprint density at radius 1 is 1.00 bits per heavy atom. The van der Waals surface area contributed by atoms with Crippen LogP contribution in [0.4, 0.5) is 13.2 Å². The van der Waals surface area contributed by atoms with Crippen LogP contribution in [-0.4, -0.2) is 9.97 Å². The quantitative estimate of drug-likeness (QED) is 0.798. The molecule has 88 valence electrons. The lowest BCUT2D eigenvalue weighted by Gasteiger charge is -2.10. The van der Waals surface area contributed by atoms with Gasteiger partial charge in [-0.3, -0.25) is 0 Å². The van der Waals surface area contributed by atoms with Gasteiger partial charge in [0.25, 0.3) is 0 Å². The topological polar surface area (TPSA) is 25.8 Å². The molecule has 0 atom stereocenters. The van der Waals surface area contributed by atoms with Gasteiger partial charge in [0.1, 0.15) is 6.33 Å². The lowest BCUT2D eigenvalue weighted by Crippen LogP contribution is -2.06. The van der Waals surface area contributed by atoms with Gasteiger partial charge in [-0.05, 0) is 17.7 Å². The predicted molar refractivity (Wildman–Crippen MR) is 60.2 cm³/mol. The van der Waals surface area contributed by atoms with Gasteiger partial charge in [0.05, 0.1) is 5.56 Å². The first-order chi connectivity index (χ1) is 7.98. The highest BCUT2D eigenvalue weighted by atomic mass is 79.9. The Labute approximate surface area is 104 Å². The summed E-state index contributed by atoms with van der Waals surface area (Å²) in [5.41, 5.74) is 0.269. The van der Waals surface area contributed by atoms with Gasteiger partial charge in [0.15, 0.2) is 0 Å². The van der Waals surface area contributed by atoms with Crippen molar-refractivity contribution in [3.8, 4) is 11.1 Å². The van der Waals surface area contributed by atoms with Crippen LogP contribution in [0, 0.1) is 0 Å². The molecule has 2 rings (SSSR count). The molecule has 0 saturated heterocycles. The van der Waals surface area contributed by atoms with Gasteiger partial charge in [-0.1, -0.05) is 22.0 Å². The molecule has 2 nitrogen and oxygen atoms in total. The minimum Gasteiger partial charge on any atom is -0.244 e. The summed E-state index contributed by atoms with van der Waals surface area (Å²) in [7, 11) is 0. The first-order valence-electron chi connectivity index (χ1n) is 4.60. The van der Waals surface area contributed by atoms with E-state index in [0.717, 1.165) is 6.07 Å². The average Bonchev–Trinajstić information content (AvgIpc) is 2.29. The second-order valence-electron chi connectivity index (χ2n) is 3.32. The van der Waals surface area contributed by atoms with E-state index < -0.39 is 11.7 Å². The molecule has 0 aliphatic carbocycles. The van der Waals surface area contributed by atoms with Crippen molar-refractivity contribution in [2.24, 2.45) is 0 Å². The van der Waals surface area contributed by atoms with E-state index in [9.17, 15) is 13.2 Å². The van der Waals surface area contributed by atoms with Gasteiger partial charge in [0.2, 0.25) is 0 Å². The SMILES string of the molecule is FC(F)(F)c1cc(-c2cncnc2)ccc1Br. The second kappa shape index (κ2) is 4.44. The molecule has 2 aromatic rings. The van der Waals surface area contributed by atoms with E-state index in [1.54, 1.807) is 6.07 Å². The molecule has 1 aromatic heterocycles. The van der Waals surface area contributed by atoms with Crippen LogP contribution in [0.2, 0.25) is 0 Å². The standard InChI is InChI=1S/C11H6BrF3N2/c12-10-2-1-7(3-9(10)11(13,14)15)8-4-16-6-17-5-8/h1-6H. The first kappa shape index (κ1) is 12.0. The summed E-state index contributed by atoms with van der Waals surface area (Å²) in [6.45, 7) is 0. The number of aromatic nitrogens is 2. The molecule has 0 aliphatic rings. The molecule has 0 spiro atoms. The molecule has 0 fully saturated rings. The second-order valence-corrected chi connectivity index (χ2v) is 4.17. The zero-order valence-corrected chi connectivity index (χ0v) is 9.96. The minimum absolute atomic E-state index is 0.0191. The molecule has 0 amide bonds. The van der Waals surface area contributed by atoms with Crippen LogP contribution in [0.25, 0.3) is 11.1 Å². The highest BCUT2D eigenvalue weighted by molar-refractivity contribution is 9.10. The third-order valence-electron chi connectivity index (χ3n) is 2.17. The third-order valence-corrected chi connectivity index (χ3v) is 2.86. The van der Waals surface area contributed by atoms with Crippen LogP contribution in [0.3, 0.4) is 0 Å². The van der Waals surface area contributed by atoms with Gasteiger partial charge < -0.3 is 0 Å². The molecule has 1 heterocycles. The zero-order chi connectivity index (χ0) is 12.5. The number of nitrogens with zero attached hydrogens (tertiary/aromatic N) is 2. The van der Waals surface area contributed by atoms with Crippen molar-refractivity contribution in [3.05, 3.63) is 47.0 Å². The van der Waals surface area contributed by atoms with Gasteiger partial charge >= 0.3 is 6.18 Å². The van der Waals surface area contributed by atoms with Crippen molar-refractivity contribution in [1.29, 1.82) is 0 Å². The van der Waals surface area contributed by atoms with Crippen molar-refractivity contribution in [3.63, 3.8) is 0 Å². The van der Waals surface area contributed by atoms with E-state index in [2.05, 4.69) is 25.9 Å². The summed E-state index contributed by atoms with van der Waals surface area (Å²) in [6, 6.07) is 4.02. The highest BCUT2D eigenvalue weighted by Gasteiger charge is 2.33.